The third kappa shape index (κ3) is 2.75. The molecule has 0 saturated heterocycles. The first-order chi connectivity index (χ1) is 11.8. The topological polar surface area (TPSA) is 42.4 Å². The molecule has 1 unspecified atom stereocenters. The zero-order valence-electron chi connectivity index (χ0n) is 14.4. The molecule has 24 heavy (non-hydrogen) atoms. The van der Waals surface area contributed by atoms with Crippen LogP contribution in [0.25, 0.3) is 11.0 Å². The molecule has 0 spiro atoms. The second-order valence-electron chi connectivity index (χ2n) is 6.66. The monoisotopic (exact) mass is 324 g/mol. The first kappa shape index (κ1) is 15.5. The first-order valence-electron chi connectivity index (χ1n) is 8.95. The molecule has 0 aliphatic heterocycles. The van der Waals surface area contributed by atoms with Crippen LogP contribution < -0.4 is 0 Å². The van der Waals surface area contributed by atoms with E-state index in [0.29, 0.717) is 0 Å². The quantitative estimate of drug-likeness (QED) is 0.670. The highest BCUT2D eigenvalue weighted by atomic mass is 16.5. The second-order valence-corrected chi connectivity index (χ2v) is 6.66. The molecule has 0 amide bonds. The molecular formula is C20H24N2O2. The van der Waals surface area contributed by atoms with Crippen LogP contribution in [0.3, 0.4) is 0 Å². The van der Waals surface area contributed by atoms with E-state index in [1.165, 1.54) is 18.4 Å². The maximum atomic E-state index is 6.06. The fourth-order valence-corrected chi connectivity index (χ4v) is 3.68. The molecule has 0 N–H and O–H groups in total. The van der Waals surface area contributed by atoms with Gasteiger partial charge in [0.1, 0.15) is 22.8 Å². The van der Waals surface area contributed by atoms with Crippen molar-refractivity contribution in [3.63, 3.8) is 0 Å². The summed E-state index contributed by atoms with van der Waals surface area (Å²) in [7, 11) is 0. The third-order valence-corrected chi connectivity index (χ3v) is 5.19. The number of nitrogens with zero attached hydrogens (tertiary/aromatic N) is 2. The summed E-state index contributed by atoms with van der Waals surface area (Å²) in [5, 5.41) is 5.52. The molecule has 3 aromatic rings. The first-order valence-corrected chi connectivity index (χ1v) is 8.95. The van der Waals surface area contributed by atoms with Crippen LogP contribution in [0.4, 0.5) is 0 Å². The van der Waals surface area contributed by atoms with Crippen LogP contribution in [0.1, 0.15) is 55.5 Å². The van der Waals surface area contributed by atoms with E-state index in [4.69, 9.17) is 8.94 Å². The van der Waals surface area contributed by atoms with Crippen LogP contribution in [0.5, 0.6) is 0 Å². The van der Waals surface area contributed by atoms with Crippen molar-refractivity contribution in [2.45, 2.75) is 52.1 Å². The molecule has 2 heterocycles. The summed E-state index contributed by atoms with van der Waals surface area (Å²) in [6.07, 6.45) is 4.60. The number of para-hydroxylation sites is 1. The van der Waals surface area contributed by atoms with E-state index >= 15 is 0 Å². The highest BCUT2D eigenvalue weighted by Gasteiger charge is 2.24. The average molecular weight is 324 g/mol. The molecule has 4 rings (SSSR count). The zero-order chi connectivity index (χ0) is 16.5. The number of aromatic nitrogens is 1. The van der Waals surface area contributed by atoms with Crippen molar-refractivity contribution in [3.8, 4) is 0 Å². The SMILES string of the molecule is CCN(Cc1noc2c1CCCC2)C(C)c1cc2ccccc2o1. The Morgan fingerprint density at radius 2 is 2.04 bits per heavy atom. The Morgan fingerprint density at radius 3 is 2.88 bits per heavy atom. The van der Waals surface area contributed by atoms with Crippen molar-refractivity contribution < 1.29 is 8.94 Å². The van der Waals surface area contributed by atoms with Gasteiger partial charge in [-0.05, 0) is 44.9 Å². The van der Waals surface area contributed by atoms with Crippen LogP contribution >= 0.6 is 0 Å². The van der Waals surface area contributed by atoms with Crippen molar-refractivity contribution >= 4 is 11.0 Å². The minimum Gasteiger partial charge on any atom is -0.459 e. The standard InChI is InChI=1S/C20H24N2O2/c1-3-22(13-17-16-9-5-7-11-19(16)24-21-17)14(2)20-12-15-8-4-6-10-18(15)23-20/h4,6,8,10,12,14H,3,5,7,9,11,13H2,1-2H3. The maximum absolute atomic E-state index is 6.06. The number of hydrogen-bond donors (Lipinski definition) is 0. The molecule has 126 valence electrons. The second kappa shape index (κ2) is 6.44. The van der Waals surface area contributed by atoms with Crippen molar-refractivity contribution in [3.05, 3.63) is 53.1 Å². The highest BCUT2D eigenvalue weighted by molar-refractivity contribution is 5.77. The van der Waals surface area contributed by atoms with Gasteiger partial charge in [-0.15, -0.1) is 0 Å². The summed E-state index contributed by atoms with van der Waals surface area (Å²) >= 11 is 0. The predicted octanol–water partition coefficient (Wildman–Crippen LogP) is 4.88. The lowest BCUT2D eigenvalue weighted by Gasteiger charge is -2.25. The van der Waals surface area contributed by atoms with E-state index in [1.54, 1.807) is 0 Å². The molecule has 1 aliphatic carbocycles. The van der Waals surface area contributed by atoms with Gasteiger partial charge in [-0.25, -0.2) is 0 Å². The van der Waals surface area contributed by atoms with E-state index in [9.17, 15) is 0 Å². The van der Waals surface area contributed by atoms with Crippen LogP contribution in [0.15, 0.2) is 39.3 Å². The Bertz CT molecular complexity index is 800. The molecule has 4 heteroatoms. The molecule has 4 nitrogen and oxygen atoms in total. The van der Waals surface area contributed by atoms with Gasteiger partial charge < -0.3 is 8.94 Å². The molecule has 0 radical (unpaired) electrons. The molecule has 2 aromatic heterocycles. The highest BCUT2D eigenvalue weighted by Crippen LogP contribution is 2.30. The van der Waals surface area contributed by atoms with Gasteiger partial charge in [-0.3, -0.25) is 4.90 Å². The lowest BCUT2D eigenvalue weighted by atomic mass is 9.96. The predicted molar refractivity (Wildman–Crippen MR) is 93.9 cm³/mol. The fourth-order valence-electron chi connectivity index (χ4n) is 3.68. The zero-order valence-corrected chi connectivity index (χ0v) is 14.4. The Kier molecular flexibility index (Phi) is 4.15. The minimum atomic E-state index is 0.207. The van der Waals surface area contributed by atoms with Gasteiger partial charge in [-0.2, -0.15) is 0 Å². The van der Waals surface area contributed by atoms with E-state index < -0.39 is 0 Å². The van der Waals surface area contributed by atoms with E-state index in [1.807, 2.05) is 18.2 Å². The Morgan fingerprint density at radius 1 is 1.21 bits per heavy atom. The minimum absolute atomic E-state index is 0.207. The van der Waals surface area contributed by atoms with E-state index in [-0.39, 0.29) is 6.04 Å². The summed E-state index contributed by atoms with van der Waals surface area (Å²) in [6, 6.07) is 10.5. The maximum Gasteiger partial charge on any atom is 0.140 e. The fraction of sp³-hybridized carbons (Fsp3) is 0.450. The van der Waals surface area contributed by atoms with Crippen LogP contribution in [0, 0.1) is 0 Å². The van der Waals surface area contributed by atoms with Crippen molar-refractivity contribution in [2.24, 2.45) is 0 Å². The van der Waals surface area contributed by atoms with Crippen molar-refractivity contribution in [1.29, 1.82) is 0 Å². The van der Waals surface area contributed by atoms with Gasteiger partial charge in [0.05, 0.1) is 6.04 Å². The molecule has 0 fully saturated rings. The number of hydrogen-bond acceptors (Lipinski definition) is 4. The van der Waals surface area contributed by atoms with E-state index in [0.717, 1.165) is 54.1 Å². The third-order valence-electron chi connectivity index (χ3n) is 5.19. The number of rotatable bonds is 5. The number of furan rings is 1. The van der Waals surface area contributed by atoms with Crippen LogP contribution in [0.2, 0.25) is 0 Å². The average Bonchev–Trinajstić information content (AvgIpc) is 3.23. The van der Waals surface area contributed by atoms with Crippen LogP contribution in [-0.4, -0.2) is 16.6 Å². The van der Waals surface area contributed by atoms with Crippen molar-refractivity contribution in [1.82, 2.24) is 10.1 Å². The summed E-state index contributed by atoms with van der Waals surface area (Å²) in [6.45, 7) is 6.15. The molecular weight excluding hydrogens is 300 g/mol. The number of benzene rings is 1. The smallest absolute Gasteiger partial charge is 0.140 e. The van der Waals surface area contributed by atoms with Crippen molar-refractivity contribution in [2.75, 3.05) is 6.54 Å². The number of aryl methyl sites for hydroxylation is 1. The normalized spacial score (nSPS) is 15.8. The Hall–Kier alpha value is -2.07. The molecule has 1 aromatic carbocycles. The molecule has 0 saturated carbocycles. The van der Waals surface area contributed by atoms with Crippen LogP contribution in [-0.2, 0) is 19.4 Å². The van der Waals surface area contributed by atoms with Gasteiger partial charge in [-0.1, -0.05) is 30.3 Å². The Labute approximate surface area is 142 Å². The van der Waals surface area contributed by atoms with Gasteiger partial charge in [0.15, 0.2) is 0 Å². The molecule has 1 aliphatic rings. The van der Waals surface area contributed by atoms with Gasteiger partial charge >= 0.3 is 0 Å². The summed E-state index contributed by atoms with van der Waals surface area (Å²) < 4.78 is 11.6. The summed E-state index contributed by atoms with van der Waals surface area (Å²) in [4.78, 5) is 2.39. The van der Waals surface area contributed by atoms with Gasteiger partial charge in [0.25, 0.3) is 0 Å². The molecule has 0 bridgehead atoms. The molecule has 1 atom stereocenters. The summed E-state index contributed by atoms with van der Waals surface area (Å²) in [5.74, 6) is 2.11. The lowest BCUT2D eigenvalue weighted by molar-refractivity contribution is 0.186. The number of fused-ring (bicyclic) bond motifs is 2. The van der Waals surface area contributed by atoms with E-state index in [2.05, 4.69) is 36.0 Å². The van der Waals surface area contributed by atoms with Gasteiger partial charge in [0, 0.05) is 23.9 Å². The Balaban J connectivity index is 1.57. The largest absolute Gasteiger partial charge is 0.459 e. The lowest BCUT2D eigenvalue weighted by Crippen LogP contribution is -2.27. The summed E-state index contributed by atoms with van der Waals surface area (Å²) in [5.41, 5.74) is 3.40. The van der Waals surface area contributed by atoms with Gasteiger partial charge in [0.2, 0.25) is 0 Å².